The monoisotopic (exact) mass is 268 g/mol. The number of hydrogen-bond donors (Lipinski definition) is 0. The molecule has 0 unspecified atom stereocenters. The topological polar surface area (TPSA) is 144 Å². The van der Waals surface area contributed by atoms with Crippen molar-refractivity contribution < 1.29 is 24.7 Å². The Morgan fingerprint density at radius 2 is 1.95 bits per heavy atom. The number of rotatable bonds is 4. The third kappa shape index (κ3) is 2.27. The predicted octanol–water partition coefficient (Wildman–Crippen LogP) is -1.50. The molecule has 19 heavy (non-hydrogen) atoms. The highest BCUT2D eigenvalue weighted by atomic mass is 16.6. The van der Waals surface area contributed by atoms with Gasteiger partial charge in [0.15, 0.2) is 6.20 Å². The fourth-order valence-electron chi connectivity index (χ4n) is 1.77. The third-order valence-electron chi connectivity index (χ3n) is 2.82. The largest absolute Gasteiger partial charge is 0.550 e. The summed E-state index contributed by atoms with van der Waals surface area (Å²) in [6.07, 6.45) is 1.02. The number of carboxylic acids is 1. The first kappa shape index (κ1) is 12.7. The molecule has 0 bridgehead atoms. The number of anilines is 1. The number of carboxylic acid groups (broad SMARTS) is 1. The number of nitrogens with one attached hydrogen (secondary N) is 1. The van der Waals surface area contributed by atoms with E-state index in [4.69, 9.17) is 0 Å². The molecule has 1 aliphatic rings. The van der Waals surface area contributed by atoms with E-state index in [1.54, 1.807) is 0 Å². The van der Waals surface area contributed by atoms with Crippen LogP contribution in [0.4, 0.5) is 17.2 Å². The van der Waals surface area contributed by atoms with Crippen molar-refractivity contribution in [3.8, 4) is 0 Å². The number of aliphatic carboxylic acids is 1. The molecule has 0 atom stereocenters. The summed E-state index contributed by atoms with van der Waals surface area (Å²) in [5.41, 5.74) is -0.904. The van der Waals surface area contributed by atoms with E-state index in [0.29, 0.717) is 0 Å². The molecule has 100 valence electrons. The number of nitrogens with zero attached hydrogens (tertiary/aromatic N) is 3. The molecule has 0 spiro atoms. The van der Waals surface area contributed by atoms with Gasteiger partial charge in [-0.05, 0) is 0 Å². The summed E-state index contributed by atoms with van der Waals surface area (Å²) >= 11 is 0. The maximum absolute atomic E-state index is 10.9. The quantitative estimate of drug-likeness (QED) is 0.477. The van der Waals surface area contributed by atoms with Gasteiger partial charge in [-0.2, -0.15) is 0 Å². The van der Waals surface area contributed by atoms with Gasteiger partial charge in [-0.15, -0.1) is 0 Å². The van der Waals surface area contributed by atoms with Crippen molar-refractivity contribution in [1.82, 2.24) is 0 Å². The van der Waals surface area contributed by atoms with Gasteiger partial charge in [0.05, 0.1) is 34.8 Å². The highest BCUT2D eigenvalue weighted by molar-refractivity contribution is 5.73. The molecule has 0 aliphatic carbocycles. The average molecular weight is 268 g/mol. The highest BCUT2D eigenvalue weighted by Crippen LogP contribution is 2.30. The van der Waals surface area contributed by atoms with Crippen LogP contribution in [0, 0.1) is 26.1 Å². The lowest BCUT2D eigenvalue weighted by molar-refractivity contribution is -0.432. The molecule has 0 radical (unpaired) electrons. The first-order valence-electron chi connectivity index (χ1n) is 5.20. The molecular weight excluding hydrogens is 260 g/mol. The second-order valence-electron chi connectivity index (χ2n) is 4.03. The maximum atomic E-state index is 10.9. The molecule has 0 saturated carbocycles. The number of aromatic nitrogens is 1. The summed E-state index contributed by atoms with van der Waals surface area (Å²) in [5.74, 6) is -1.86. The number of carbonyl (C=O) groups excluding carboxylic acids is 1. The van der Waals surface area contributed by atoms with E-state index in [1.807, 2.05) is 0 Å². The van der Waals surface area contributed by atoms with Crippen LogP contribution in [0.3, 0.4) is 0 Å². The van der Waals surface area contributed by atoms with E-state index in [0.717, 1.165) is 12.3 Å². The van der Waals surface area contributed by atoms with Crippen molar-refractivity contribution >= 4 is 23.2 Å². The summed E-state index contributed by atoms with van der Waals surface area (Å²) in [7, 11) is 0. The number of nitro groups is 2. The first-order chi connectivity index (χ1) is 8.90. The molecular formula is C9H8N4O6. The summed E-state index contributed by atoms with van der Waals surface area (Å²) in [5, 5.41) is 32.0. The molecule has 10 heteroatoms. The van der Waals surface area contributed by atoms with Crippen molar-refractivity contribution in [2.45, 2.75) is 0 Å². The van der Waals surface area contributed by atoms with Crippen LogP contribution in [0.25, 0.3) is 0 Å². The van der Waals surface area contributed by atoms with E-state index >= 15 is 0 Å². The highest BCUT2D eigenvalue weighted by Gasteiger charge is 2.40. The van der Waals surface area contributed by atoms with Gasteiger partial charge in [-0.1, -0.05) is 0 Å². The van der Waals surface area contributed by atoms with Crippen molar-refractivity contribution in [1.29, 1.82) is 0 Å². The van der Waals surface area contributed by atoms with E-state index < -0.39 is 33.1 Å². The van der Waals surface area contributed by atoms with E-state index in [2.05, 4.69) is 4.98 Å². The smallest absolute Gasteiger partial charge is 0.364 e. The van der Waals surface area contributed by atoms with Gasteiger partial charge in [-0.25, -0.2) is 4.98 Å². The lowest BCUT2D eigenvalue weighted by Crippen LogP contribution is -2.56. The lowest BCUT2D eigenvalue weighted by atomic mass is 10.0. The summed E-state index contributed by atoms with van der Waals surface area (Å²) in [6, 6.07) is 0.832. The second kappa shape index (κ2) is 4.48. The van der Waals surface area contributed by atoms with Crippen LogP contribution >= 0.6 is 0 Å². The van der Waals surface area contributed by atoms with Gasteiger partial charge in [-0.3, -0.25) is 25.1 Å². The number of pyridine rings is 1. The molecule has 2 rings (SSSR count). The molecule has 1 fully saturated rings. The van der Waals surface area contributed by atoms with Crippen LogP contribution in [0.2, 0.25) is 0 Å². The fraction of sp³-hybridized carbons (Fsp3) is 0.333. The Balaban J connectivity index is 2.29. The van der Waals surface area contributed by atoms with Crippen LogP contribution in [0.5, 0.6) is 0 Å². The second-order valence-corrected chi connectivity index (χ2v) is 4.03. The molecule has 1 aromatic rings. The number of carbonyl (C=O) groups is 1. The summed E-state index contributed by atoms with van der Waals surface area (Å²) in [6.45, 7) is 0.134. The Morgan fingerprint density at radius 3 is 2.42 bits per heavy atom. The standard InChI is InChI=1S/C9H8N4O6/c14-9(15)5-3-11(4-5)8-7(13(18)19)1-6(2-10-8)12(16)17/h1-2,5H,3-4H2,(H,14,15). The Bertz CT molecular complexity index is 568. The van der Waals surface area contributed by atoms with Crippen LogP contribution in [-0.4, -0.2) is 28.9 Å². The summed E-state index contributed by atoms with van der Waals surface area (Å²) < 4.78 is 0. The predicted molar refractivity (Wildman–Crippen MR) is 57.0 cm³/mol. The van der Waals surface area contributed by atoms with Crippen molar-refractivity contribution in [3.63, 3.8) is 0 Å². The van der Waals surface area contributed by atoms with E-state index in [9.17, 15) is 30.1 Å². The zero-order chi connectivity index (χ0) is 14.2. The Hall–Kier alpha value is -2.78. The summed E-state index contributed by atoms with van der Waals surface area (Å²) in [4.78, 5) is 34.3. The van der Waals surface area contributed by atoms with E-state index in [-0.39, 0.29) is 18.9 Å². The van der Waals surface area contributed by atoms with Crippen LogP contribution in [0.1, 0.15) is 0 Å². The molecule has 10 nitrogen and oxygen atoms in total. The Labute approximate surface area is 105 Å². The lowest BCUT2D eigenvalue weighted by Gasteiger charge is -2.33. The Kier molecular flexibility index (Phi) is 2.99. The van der Waals surface area contributed by atoms with Crippen LogP contribution in [0.15, 0.2) is 12.3 Å². The zero-order valence-corrected chi connectivity index (χ0v) is 9.44. The van der Waals surface area contributed by atoms with Crippen LogP contribution in [-0.2, 0) is 4.79 Å². The maximum Gasteiger partial charge on any atom is 0.364 e. The van der Waals surface area contributed by atoms with Crippen molar-refractivity contribution in [2.24, 2.45) is 5.92 Å². The molecule has 1 aromatic heterocycles. The van der Waals surface area contributed by atoms with Gasteiger partial charge in [0.2, 0.25) is 0 Å². The molecule has 1 saturated heterocycles. The third-order valence-corrected chi connectivity index (χ3v) is 2.82. The molecule has 0 amide bonds. The van der Waals surface area contributed by atoms with E-state index in [1.165, 1.54) is 4.90 Å². The molecule has 2 heterocycles. The van der Waals surface area contributed by atoms with Crippen molar-refractivity contribution in [3.05, 3.63) is 32.5 Å². The minimum absolute atomic E-state index is 0.0492. The molecule has 0 aromatic carbocycles. The van der Waals surface area contributed by atoms with Gasteiger partial charge < -0.3 is 9.90 Å². The first-order valence-corrected chi connectivity index (χ1v) is 5.20. The van der Waals surface area contributed by atoms with Gasteiger partial charge in [0.25, 0.3) is 0 Å². The SMILES string of the molecule is O=C([O-])C1CN(c2[nH+]cc([N+](=O)[O-])cc2[N+](=O)[O-])C1. The number of hydrogen-bond acceptors (Lipinski definition) is 7. The minimum atomic E-state index is -1.22. The molecule has 1 aliphatic heterocycles. The van der Waals surface area contributed by atoms with Gasteiger partial charge in [0.1, 0.15) is 6.07 Å². The minimum Gasteiger partial charge on any atom is -0.550 e. The number of aromatic amines is 1. The fourth-order valence-corrected chi connectivity index (χ4v) is 1.77. The average Bonchev–Trinajstić information content (AvgIpc) is 2.26. The van der Waals surface area contributed by atoms with Crippen molar-refractivity contribution in [2.75, 3.05) is 18.0 Å². The molecule has 1 N–H and O–H groups in total. The number of H-pyrrole nitrogens is 1. The zero-order valence-electron chi connectivity index (χ0n) is 9.44. The normalized spacial score (nSPS) is 14.8. The van der Waals surface area contributed by atoms with Gasteiger partial charge in [0, 0.05) is 0 Å². The Morgan fingerprint density at radius 1 is 1.32 bits per heavy atom. The van der Waals surface area contributed by atoms with Gasteiger partial charge >= 0.3 is 17.2 Å². The van der Waals surface area contributed by atoms with Crippen LogP contribution < -0.4 is 15.0 Å².